The van der Waals surface area contributed by atoms with Crippen LogP contribution in [-0.4, -0.2) is 35.7 Å². The number of aliphatic carboxylic acids is 1. The van der Waals surface area contributed by atoms with Gasteiger partial charge in [-0.05, 0) is 32.1 Å². The summed E-state index contributed by atoms with van der Waals surface area (Å²) in [6.45, 7) is 0.630. The highest BCUT2D eigenvalue weighted by atomic mass is 16.5. The lowest BCUT2D eigenvalue weighted by atomic mass is 10.0. The summed E-state index contributed by atoms with van der Waals surface area (Å²) < 4.78 is 5.39. The van der Waals surface area contributed by atoms with Gasteiger partial charge in [0.05, 0.1) is 5.92 Å². The van der Waals surface area contributed by atoms with Gasteiger partial charge in [-0.15, -0.1) is 0 Å². The zero-order chi connectivity index (χ0) is 12.3. The van der Waals surface area contributed by atoms with Crippen LogP contribution in [0.5, 0.6) is 0 Å². The van der Waals surface area contributed by atoms with Crippen molar-refractivity contribution in [2.24, 2.45) is 5.92 Å². The van der Waals surface area contributed by atoms with E-state index in [2.05, 4.69) is 5.32 Å². The van der Waals surface area contributed by atoms with Crippen LogP contribution in [0.4, 0.5) is 0 Å². The summed E-state index contributed by atoms with van der Waals surface area (Å²) >= 11 is 0. The summed E-state index contributed by atoms with van der Waals surface area (Å²) in [5.74, 6) is -1.37. The molecule has 5 heteroatoms. The van der Waals surface area contributed by atoms with E-state index in [-0.39, 0.29) is 18.1 Å². The molecule has 0 bridgehead atoms. The number of amides is 1. The van der Waals surface area contributed by atoms with Crippen molar-refractivity contribution < 1.29 is 19.4 Å². The molecule has 2 fully saturated rings. The fourth-order valence-corrected chi connectivity index (χ4v) is 2.65. The summed E-state index contributed by atoms with van der Waals surface area (Å²) in [4.78, 5) is 22.9. The summed E-state index contributed by atoms with van der Waals surface area (Å²) in [5.41, 5.74) is 0. The molecule has 17 heavy (non-hydrogen) atoms. The van der Waals surface area contributed by atoms with Gasteiger partial charge in [0.2, 0.25) is 5.91 Å². The van der Waals surface area contributed by atoms with Crippen LogP contribution in [0.3, 0.4) is 0 Å². The lowest BCUT2D eigenvalue weighted by Crippen LogP contribution is -2.46. The molecule has 1 saturated carbocycles. The fraction of sp³-hybridized carbons (Fsp3) is 0.833. The lowest BCUT2D eigenvalue weighted by molar-refractivity contribution is -0.143. The van der Waals surface area contributed by atoms with Crippen LogP contribution >= 0.6 is 0 Å². The van der Waals surface area contributed by atoms with E-state index in [4.69, 9.17) is 9.84 Å². The van der Waals surface area contributed by atoms with E-state index in [1.165, 1.54) is 0 Å². The van der Waals surface area contributed by atoms with E-state index < -0.39 is 11.9 Å². The molecule has 0 radical (unpaired) electrons. The largest absolute Gasteiger partial charge is 0.481 e. The molecule has 0 aromatic carbocycles. The van der Waals surface area contributed by atoms with Crippen molar-refractivity contribution in [3.63, 3.8) is 0 Å². The number of hydrogen-bond acceptors (Lipinski definition) is 3. The number of rotatable bonds is 3. The Kier molecular flexibility index (Phi) is 3.99. The number of carboxylic acid groups (broad SMARTS) is 1. The molecule has 96 valence electrons. The first-order valence-electron chi connectivity index (χ1n) is 6.33. The predicted octanol–water partition coefficient (Wildman–Crippen LogP) is 0.925. The molecule has 2 N–H and O–H groups in total. The van der Waals surface area contributed by atoms with E-state index in [0.29, 0.717) is 13.0 Å². The first-order valence-corrected chi connectivity index (χ1v) is 6.33. The second-order valence-corrected chi connectivity index (χ2v) is 4.85. The highest BCUT2D eigenvalue weighted by molar-refractivity contribution is 5.82. The third-order valence-corrected chi connectivity index (χ3v) is 3.63. The fourth-order valence-electron chi connectivity index (χ4n) is 2.65. The Morgan fingerprint density at radius 3 is 2.59 bits per heavy atom. The minimum Gasteiger partial charge on any atom is -0.481 e. The van der Waals surface area contributed by atoms with Crippen molar-refractivity contribution >= 4 is 11.9 Å². The van der Waals surface area contributed by atoms with Gasteiger partial charge in [-0.3, -0.25) is 9.59 Å². The van der Waals surface area contributed by atoms with E-state index >= 15 is 0 Å². The number of carbonyl (C=O) groups excluding carboxylic acids is 1. The van der Waals surface area contributed by atoms with Gasteiger partial charge in [0.1, 0.15) is 6.10 Å². The van der Waals surface area contributed by atoms with Crippen molar-refractivity contribution in [3.05, 3.63) is 0 Å². The van der Waals surface area contributed by atoms with Crippen LogP contribution in [-0.2, 0) is 14.3 Å². The Balaban J connectivity index is 1.86. The Morgan fingerprint density at radius 1 is 1.12 bits per heavy atom. The molecular formula is C12H19NO4. The highest BCUT2D eigenvalue weighted by Gasteiger charge is 2.35. The Bertz CT molecular complexity index is 299. The molecule has 5 nitrogen and oxygen atoms in total. The molecule has 2 rings (SSSR count). The van der Waals surface area contributed by atoms with Crippen LogP contribution in [0.2, 0.25) is 0 Å². The average Bonchev–Trinajstić information content (AvgIpc) is 2.78. The quantitative estimate of drug-likeness (QED) is 0.770. The van der Waals surface area contributed by atoms with Crippen LogP contribution in [0, 0.1) is 5.92 Å². The van der Waals surface area contributed by atoms with Gasteiger partial charge in [-0.1, -0.05) is 6.42 Å². The molecule has 2 aliphatic rings. The van der Waals surface area contributed by atoms with Gasteiger partial charge in [0, 0.05) is 12.6 Å². The van der Waals surface area contributed by atoms with Crippen molar-refractivity contribution in [2.45, 2.75) is 50.7 Å². The molecule has 1 amide bonds. The molecule has 3 atom stereocenters. The highest BCUT2D eigenvalue weighted by Crippen LogP contribution is 2.26. The maximum atomic E-state index is 11.9. The average molecular weight is 241 g/mol. The van der Waals surface area contributed by atoms with Gasteiger partial charge in [-0.25, -0.2) is 0 Å². The number of hydrogen-bond donors (Lipinski definition) is 2. The van der Waals surface area contributed by atoms with Crippen LogP contribution in [0.1, 0.15) is 38.5 Å². The summed E-state index contributed by atoms with van der Waals surface area (Å²) in [7, 11) is 0. The van der Waals surface area contributed by atoms with E-state index in [1.54, 1.807) is 0 Å². The minimum absolute atomic E-state index is 0.136. The molecule has 1 aliphatic heterocycles. The van der Waals surface area contributed by atoms with E-state index in [1.807, 2.05) is 0 Å². The standard InChI is InChI=1S/C12H19NO4/c14-11(10-6-1-2-7-17-10)13-9-5-3-4-8(9)12(15)16/h8-10H,1-7H2,(H,13,14)(H,15,16)/t8-,9+,10?/m1/s1. The van der Waals surface area contributed by atoms with E-state index in [9.17, 15) is 9.59 Å². The number of nitrogens with one attached hydrogen (secondary N) is 1. The second-order valence-electron chi connectivity index (χ2n) is 4.85. The third kappa shape index (κ3) is 2.97. The smallest absolute Gasteiger partial charge is 0.308 e. The Morgan fingerprint density at radius 2 is 1.94 bits per heavy atom. The summed E-state index contributed by atoms with van der Waals surface area (Å²) in [6, 6.07) is -0.217. The molecular weight excluding hydrogens is 222 g/mol. The lowest BCUT2D eigenvalue weighted by Gasteiger charge is -2.25. The van der Waals surface area contributed by atoms with Crippen LogP contribution < -0.4 is 5.32 Å². The van der Waals surface area contributed by atoms with Crippen LogP contribution in [0.25, 0.3) is 0 Å². The molecule has 1 unspecified atom stereocenters. The molecule has 0 spiro atoms. The first kappa shape index (κ1) is 12.4. The second kappa shape index (κ2) is 5.49. The Labute approximate surface area is 101 Å². The summed E-state index contributed by atoms with van der Waals surface area (Å²) in [6.07, 6.45) is 4.67. The van der Waals surface area contributed by atoms with Gasteiger partial charge in [0.15, 0.2) is 0 Å². The SMILES string of the molecule is O=C(N[C@H]1CCC[C@H]1C(=O)O)C1CCCCO1. The predicted molar refractivity (Wildman–Crippen MR) is 60.5 cm³/mol. The third-order valence-electron chi connectivity index (χ3n) is 3.63. The summed E-state index contributed by atoms with van der Waals surface area (Å²) in [5, 5.41) is 11.9. The first-order chi connectivity index (χ1) is 8.18. The minimum atomic E-state index is -0.808. The monoisotopic (exact) mass is 241 g/mol. The number of carbonyl (C=O) groups is 2. The van der Waals surface area contributed by atoms with Crippen molar-refractivity contribution in [3.8, 4) is 0 Å². The van der Waals surface area contributed by atoms with Crippen molar-refractivity contribution in [2.75, 3.05) is 6.61 Å². The molecule has 0 aromatic rings. The molecule has 0 aromatic heterocycles. The van der Waals surface area contributed by atoms with Gasteiger partial charge in [0.25, 0.3) is 0 Å². The maximum absolute atomic E-state index is 11.9. The van der Waals surface area contributed by atoms with Crippen LogP contribution in [0.15, 0.2) is 0 Å². The van der Waals surface area contributed by atoms with Gasteiger partial charge >= 0.3 is 5.97 Å². The molecule has 1 heterocycles. The van der Waals surface area contributed by atoms with Crippen molar-refractivity contribution in [1.82, 2.24) is 5.32 Å². The zero-order valence-corrected chi connectivity index (χ0v) is 9.85. The zero-order valence-electron chi connectivity index (χ0n) is 9.85. The van der Waals surface area contributed by atoms with Gasteiger partial charge in [-0.2, -0.15) is 0 Å². The number of carboxylic acids is 1. The van der Waals surface area contributed by atoms with E-state index in [0.717, 1.165) is 32.1 Å². The normalized spacial score (nSPS) is 33.3. The maximum Gasteiger partial charge on any atom is 0.308 e. The number of ether oxygens (including phenoxy) is 1. The van der Waals surface area contributed by atoms with Gasteiger partial charge < -0.3 is 15.2 Å². The molecule has 1 saturated heterocycles. The van der Waals surface area contributed by atoms with Crippen molar-refractivity contribution in [1.29, 1.82) is 0 Å². The Hall–Kier alpha value is -1.10. The topological polar surface area (TPSA) is 75.6 Å². The molecule has 1 aliphatic carbocycles.